The minimum absolute atomic E-state index is 0.0289. The molecular weight excluding hydrogens is 344 g/mol. The van der Waals surface area contributed by atoms with E-state index in [1.165, 1.54) is 0 Å². The number of nitro groups is 1. The molecule has 2 N–H and O–H groups in total. The monoisotopic (exact) mass is 356 g/mol. The summed E-state index contributed by atoms with van der Waals surface area (Å²) in [6, 6.07) is 1.50. The fourth-order valence-electron chi connectivity index (χ4n) is 1.90. The van der Waals surface area contributed by atoms with Crippen LogP contribution in [0.4, 0.5) is 5.82 Å². The van der Waals surface area contributed by atoms with Gasteiger partial charge in [0.25, 0.3) is 5.91 Å². The van der Waals surface area contributed by atoms with Crippen molar-refractivity contribution in [2.45, 2.75) is 26.4 Å². The first-order valence-corrected chi connectivity index (χ1v) is 6.95. The molecule has 0 aliphatic carbocycles. The number of halogens is 1. The lowest BCUT2D eigenvalue weighted by Crippen LogP contribution is -2.28. The molecule has 2 heterocycles. The third kappa shape index (κ3) is 2.94. The molecule has 0 aromatic carbocycles. The quantitative estimate of drug-likeness (QED) is 0.625. The van der Waals surface area contributed by atoms with Crippen molar-refractivity contribution in [3.63, 3.8) is 0 Å². The van der Waals surface area contributed by atoms with Gasteiger partial charge in [-0.1, -0.05) is 5.10 Å². The Bertz CT molecular complexity index is 679. The smallest absolute Gasteiger partial charge is 0.357 e. The van der Waals surface area contributed by atoms with Crippen molar-refractivity contribution in [2.24, 2.45) is 0 Å². The van der Waals surface area contributed by atoms with Crippen molar-refractivity contribution in [2.75, 3.05) is 0 Å². The van der Waals surface area contributed by atoms with Crippen LogP contribution in [0.25, 0.3) is 0 Å². The number of amides is 1. The third-order valence-corrected chi connectivity index (χ3v) is 3.68. The Morgan fingerprint density at radius 3 is 2.95 bits per heavy atom. The molecular formula is C11H13BrN6O3. The lowest BCUT2D eigenvalue weighted by atomic mass is 10.2. The number of nitrogens with one attached hydrogen (secondary N) is 2. The van der Waals surface area contributed by atoms with Crippen molar-refractivity contribution in [1.82, 2.24) is 25.3 Å². The molecule has 0 radical (unpaired) electrons. The highest BCUT2D eigenvalue weighted by Crippen LogP contribution is 2.25. The molecule has 0 bridgehead atoms. The van der Waals surface area contributed by atoms with E-state index in [9.17, 15) is 14.9 Å². The van der Waals surface area contributed by atoms with Gasteiger partial charge in [-0.15, -0.1) is 5.10 Å². The van der Waals surface area contributed by atoms with Crippen LogP contribution >= 0.6 is 15.9 Å². The van der Waals surface area contributed by atoms with Gasteiger partial charge < -0.3 is 15.4 Å². The fraction of sp³-hybridized carbons (Fsp3) is 0.364. The highest BCUT2D eigenvalue weighted by atomic mass is 79.9. The average molecular weight is 357 g/mol. The van der Waals surface area contributed by atoms with E-state index in [1.807, 2.05) is 6.92 Å². The molecule has 2 aromatic rings. The largest absolute Gasteiger partial charge is 0.358 e. The van der Waals surface area contributed by atoms with Crippen molar-refractivity contribution in [1.29, 1.82) is 0 Å². The second kappa shape index (κ2) is 6.04. The van der Waals surface area contributed by atoms with Crippen LogP contribution in [0.2, 0.25) is 0 Å². The number of carbonyl (C=O) groups is 1. The molecule has 0 saturated carbocycles. The fourth-order valence-corrected chi connectivity index (χ4v) is 2.41. The van der Waals surface area contributed by atoms with Gasteiger partial charge in [0.05, 0.1) is 11.7 Å². The number of aromatic nitrogens is 4. The van der Waals surface area contributed by atoms with Gasteiger partial charge in [-0.3, -0.25) is 9.48 Å². The first-order valence-electron chi connectivity index (χ1n) is 6.16. The SMILES string of the molecule is CCn1nccc1C(C)NC(=O)c1n[nH]c([N+](=O)[O-])c1Br. The lowest BCUT2D eigenvalue weighted by Gasteiger charge is -2.14. The standard InChI is InChI=1S/C11H13BrN6O3/c1-3-17-7(4-5-13-17)6(2)14-11(19)9-8(12)10(16-15-9)18(20)21/h4-6H,3H2,1-2H3,(H,14,19)(H,15,16). The highest BCUT2D eigenvalue weighted by molar-refractivity contribution is 9.10. The van der Waals surface area contributed by atoms with Crippen molar-refractivity contribution >= 4 is 27.7 Å². The van der Waals surface area contributed by atoms with E-state index in [4.69, 9.17) is 0 Å². The topological polar surface area (TPSA) is 119 Å². The van der Waals surface area contributed by atoms with E-state index >= 15 is 0 Å². The number of nitrogens with zero attached hydrogens (tertiary/aromatic N) is 4. The number of H-pyrrole nitrogens is 1. The predicted molar refractivity (Wildman–Crippen MR) is 76.7 cm³/mol. The first kappa shape index (κ1) is 15.2. The molecule has 21 heavy (non-hydrogen) atoms. The minimum Gasteiger partial charge on any atom is -0.358 e. The third-order valence-electron chi connectivity index (χ3n) is 2.93. The molecule has 0 aliphatic heterocycles. The van der Waals surface area contributed by atoms with Gasteiger partial charge in [0.1, 0.15) is 4.47 Å². The molecule has 0 spiro atoms. The Balaban J connectivity index is 2.17. The molecule has 0 aliphatic rings. The molecule has 10 heteroatoms. The van der Waals surface area contributed by atoms with Gasteiger partial charge in [0.2, 0.25) is 0 Å². The van der Waals surface area contributed by atoms with E-state index in [2.05, 4.69) is 36.5 Å². The second-order valence-corrected chi connectivity index (χ2v) is 5.05. The zero-order valence-corrected chi connectivity index (χ0v) is 12.9. The van der Waals surface area contributed by atoms with Gasteiger partial charge >= 0.3 is 5.82 Å². The van der Waals surface area contributed by atoms with Gasteiger partial charge in [-0.2, -0.15) is 5.10 Å². The number of aryl methyl sites for hydroxylation is 1. The molecule has 1 atom stereocenters. The molecule has 1 amide bonds. The minimum atomic E-state index is -0.649. The number of rotatable bonds is 5. The lowest BCUT2D eigenvalue weighted by molar-refractivity contribution is -0.390. The van der Waals surface area contributed by atoms with Gasteiger partial charge in [-0.05, 0) is 40.8 Å². The van der Waals surface area contributed by atoms with Crippen LogP contribution in [0.15, 0.2) is 16.7 Å². The van der Waals surface area contributed by atoms with Gasteiger partial charge in [-0.25, -0.2) is 0 Å². The van der Waals surface area contributed by atoms with Crippen molar-refractivity contribution in [3.05, 3.63) is 38.2 Å². The Morgan fingerprint density at radius 1 is 1.67 bits per heavy atom. The highest BCUT2D eigenvalue weighted by Gasteiger charge is 2.26. The molecule has 9 nitrogen and oxygen atoms in total. The first-order chi connectivity index (χ1) is 9.95. The summed E-state index contributed by atoms with van der Waals surface area (Å²) in [6.07, 6.45) is 1.65. The van der Waals surface area contributed by atoms with Crippen LogP contribution in [-0.4, -0.2) is 30.8 Å². The van der Waals surface area contributed by atoms with E-state index in [-0.39, 0.29) is 22.0 Å². The Labute approximate surface area is 128 Å². The van der Waals surface area contributed by atoms with Crippen LogP contribution in [-0.2, 0) is 6.54 Å². The van der Waals surface area contributed by atoms with Gasteiger partial charge in [0, 0.05) is 12.7 Å². The Morgan fingerprint density at radius 2 is 2.38 bits per heavy atom. The van der Waals surface area contributed by atoms with Crippen molar-refractivity contribution in [3.8, 4) is 0 Å². The summed E-state index contributed by atoms with van der Waals surface area (Å²) in [5, 5.41) is 23.4. The zero-order valence-electron chi connectivity index (χ0n) is 11.3. The van der Waals surface area contributed by atoms with Crippen molar-refractivity contribution < 1.29 is 9.72 Å². The van der Waals surface area contributed by atoms with E-state index < -0.39 is 10.8 Å². The maximum atomic E-state index is 12.1. The molecule has 112 valence electrons. The zero-order chi connectivity index (χ0) is 15.6. The number of carbonyl (C=O) groups excluding carboxylic acids is 1. The average Bonchev–Trinajstić information content (AvgIpc) is 3.04. The summed E-state index contributed by atoms with van der Waals surface area (Å²) in [5.41, 5.74) is 0.781. The maximum absolute atomic E-state index is 12.1. The summed E-state index contributed by atoms with van der Waals surface area (Å²) < 4.78 is 1.79. The Hall–Kier alpha value is -2.23. The van der Waals surface area contributed by atoms with Crippen LogP contribution < -0.4 is 5.32 Å². The maximum Gasteiger partial charge on any atom is 0.357 e. The number of aromatic amines is 1. The molecule has 0 fully saturated rings. The van der Waals surface area contributed by atoms with Crippen LogP contribution in [0.1, 0.15) is 36.1 Å². The van der Waals surface area contributed by atoms with E-state index in [1.54, 1.807) is 23.9 Å². The summed E-state index contributed by atoms with van der Waals surface area (Å²) in [6.45, 7) is 4.43. The van der Waals surface area contributed by atoms with Gasteiger partial charge in [0.15, 0.2) is 5.69 Å². The van der Waals surface area contributed by atoms with Crippen LogP contribution in [0.3, 0.4) is 0 Å². The molecule has 2 aromatic heterocycles. The Kier molecular flexibility index (Phi) is 4.36. The summed E-state index contributed by atoms with van der Waals surface area (Å²) in [5.74, 6) is -0.867. The molecule has 2 rings (SSSR count). The van der Waals surface area contributed by atoms with E-state index in [0.29, 0.717) is 6.54 Å². The summed E-state index contributed by atoms with van der Waals surface area (Å²) >= 11 is 3.01. The summed E-state index contributed by atoms with van der Waals surface area (Å²) in [4.78, 5) is 22.2. The van der Waals surface area contributed by atoms with Crippen LogP contribution in [0, 0.1) is 10.1 Å². The molecule has 0 saturated heterocycles. The summed E-state index contributed by atoms with van der Waals surface area (Å²) in [7, 11) is 0. The van der Waals surface area contributed by atoms with Crippen LogP contribution in [0.5, 0.6) is 0 Å². The number of hydrogen-bond acceptors (Lipinski definition) is 5. The predicted octanol–water partition coefficient (Wildman–Crippen LogP) is 1.79. The second-order valence-electron chi connectivity index (χ2n) is 4.26. The molecule has 1 unspecified atom stereocenters. The normalized spacial score (nSPS) is 12.1. The van der Waals surface area contributed by atoms with E-state index in [0.717, 1.165) is 5.69 Å². The number of hydrogen-bond donors (Lipinski definition) is 2.